The predicted molar refractivity (Wildman–Crippen MR) is 97.0 cm³/mol. The molecule has 1 saturated heterocycles. The second-order valence-electron chi connectivity index (χ2n) is 6.89. The van der Waals surface area contributed by atoms with Gasteiger partial charge in [-0.05, 0) is 45.0 Å². The second kappa shape index (κ2) is 8.01. The van der Waals surface area contributed by atoms with Crippen LogP contribution >= 0.6 is 0 Å². The Morgan fingerprint density at radius 3 is 2.75 bits per heavy atom. The third-order valence-corrected chi connectivity index (χ3v) is 4.81. The Hall–Kier alpha value is -1.56. The van der Waals surface area contributed by atoms with Gasteiger partial charge in [-0.25, -0.2) is 9.97 Å². The topological polar surface area (TPSA) is 41.5 Å². The fraction of sp³-hybridized carbons (Fsp3) is 0.579. The summed E-state index contributed by atoms with van der Waals surface area (Å²) in [6.07, 6.45) is 1.27. The molecule has 2 aromatic rings. The molecule has 5 heteroatoms. The van der Waals surface area contributed by atoms with Gasteiger partial charge in [-0.2, -0.15) is 0 Å². The number of nitrogens with zero attached hydrogens (tertiary/aromatic N) is 4. The molecule has 1 aromatic carbocycles. The molecule has 1 aliphatic heterocycles. The van der Waals surface area contributed by atoms with E-state index in [2.05, 4.69) is 23.8 Å². The minimum Gasteiger partial charge on any atom is -0.383 e. The number of aromatic nitrogens is 2. The maximum atomic E-state index is 5.18. The number of ether oxygens (including phenoxy) is 1. The molecule has 1 fully saturated rings. The van der Waals surface area contributed by atoms with Crippen LogP contribution in [0.5, 0.6) is 0 Å². The first-order chi connectivity index (χ1) is 11.7. The lowest BCUT2D eigenvalue weighted by Gasteiger charge is -2.22. The van der Waals surface area contributed by atoms with Crippen LogP contribution in [0.1, 0.15) is 17.8 Å². The highest BCUT2D eigenvalue weighted by Gasteiger charge is 2.23. The van der Waals surface area contributed by atoms with Crippen LogP contribution in [0.3, 0.4) is 0 Å². The maximum absolute atomic E-state index is 5.18. The summed E-state index contributed by atoms with van der Waals surface area (Å²) in [7, 11) is 3.96. The van der Waals surface area contributed by atoms with E-state index in [-0.39, 0.29) is 0 Å². The lowest BCUT2D eigenvalue weighted by atomic mass is 10.1. The van der Waals surface area contributed by atoms with Gasteiger partial charge in [0.1, 0.15) is 0 Å². The van der Waals surface area contributed by atoms with Crippen molar-refractivity contribution < 1.29 is 4.74 Å². The van der Waals surface area contributed by atoms with Crippen molar-refractivity contribution in [3.63, 3.8) is 0 Å². The molecule has 24 heavy (non-hydrogen) atoms. The monoisotopic (exact) mass is 328 g/mol. The third-order valence-electron chi connectivity index (χ3n) is 4.81. The molecule has 1 aliphatic rings. The number of hydrogen-bond acceptors (Lipinski definition) is 5. The van der Waals surface area contributed by atoms with Crippen molar-refractivity contribution in [3.8, 4) is 0 Å². The van der Waals surface area contributed by atoms with E-state index in [4.69, 9.17) is 14.7 Å². The highest BCUT2D eigenvalue weighted by atomic mass is 16.5. The highest BCUT2D eigenvalue weighted by molar-refractivity contribution is 5.74. The number of rotatable bonds is 7. The van der Waals surface area contributed by atoms with Crippen LogP contribution < -0.4 is 0 Å². The molecule has 0 bridgehead atoms. The van der Waals surface area contributed by atoms with Crippen LogP contribution in [0.15, 0.2) is 24.3 Å². The summed E-state index contributed by atoms with van der Waals surface area (Å²) < 4.78 is 5.18. The van der Waals surface area contributed by atoms with Crippen molar-refractivity contribution in [2.45, 2.75) is 19.9 Å². The van der Waals surface area contributed by atoms with Gasteiger partial charge in [0.2, 0.25) is 0 Å². The molecule has 0 amide bonds. The van der Waals surface area contributed by atoms with Crippen molar-refractivity contribution in [3.05, 3.63) is 35.7 Å². The Balaban J connectivity index is 1.57. The normalized spacial score (nSPS) is 18.8. The summed E-state index contributed by atoms with van der Waals surface area (Å²) in [5, 5.41) is 0. The maximum Gasteiger partial charge on any atom is 0.0890 e. The van der Waals surface area contributed by atoms with Gasteiger partial charge >= 0.3 is 0 Å². The van der Waals surface area contributed by atoms with E-state index in [0.717, 1.165) is 54.6 Å². The standard InChI is InChI=1S/C19H28N4O/c1-15-19(21-18-7-5-4-6-17(18)20-15)14-22(2)12-16-8-9-23(13-16)10-11-24-3/h4-7,16H,8-14H2,1-3H3/t16-/m0/s1. The first kappa shape index (κ1) is 17.3. The van der Waals surface area contributed by atoms with Crippen LogP contribution in [0.2, 0.25) is 0 Å². The summed E-state index contributed by atoms with van der Waals surface area (Å²) in [5.41, 5.74) is 4.09. The molecule has 1 atom stereocenters. The fourth-order valence-electron chi connectivity index (χ4n) is 3.52. The number of likely N-dealkylation sites (tertiary alicyclic amines) is 1. The molecule has 0 aliphatic carbocycles. The molecule has 1 aromatic heterocycles. The molecule has 0 unspecified atom stereocenters. The van der Waals surface area contributed by atoms with E-state index in [0.29, 0.717) is 0 Å². The van der Waals surface area contributed by atoms with Gasteiger partial charge in [0, 0.05) is 33.3 Å². The van der Waals surface area contributed by atoms with Crippen molar-refractivity contribution in [1.29, 1.82) is 0 Å². The number of hydrogen-bond donors (Lipinski definition) is 0. The average Bonchev–Trinajstić information content (AvgIpc) is 3.01. The van der Waals surface area contributed by atoms with Crippen LogP contribution in [0.25, 0.3) is 11.0 Å². The van der Waals surface area contributed by atoms with Crippen molar-refractivity contribution >= 4 is 11.0 Å². The molecule has 2 heterocycles. The smallest absolute Gasteiger partial charge is 0.0890 e. The summed E-state index contributed by atoms with van der Waals surface area (Å²) in [6, 6.07) is 8.09. The summed E-state index contributed by atoms with van der Waals surface area (Å²) in [5.74, 6) is 0.737. The number of methoxy groups -OCH3 is 1. The van der Waals surface area contributed by atoms with Crippen LogP contribution in [0.4, 0.5) is 0 Å². The van der Waals surface area contributed by atoms with E-state index >= 15 is 0 Å². The zero-order valence-electron chi connectivity index (χ0n) is 15.0. The SMILES string of the molecule is COCCN1CC[C@@H](CN(C)Cc2nc3ccccc3nc2C)C1. The molecule has 3 rings (SSSR count). The molecule has 0 N–H and O–H groups in total. The minimum absolute atomic E-state index is 0.737. The predicted octanol–water partition coefficient (Wildman–Crippen LogP) is 2.34. The summed E-state index contributed by atoms with van der Waals surface area (Å²) >= 11 is 0. The molecular weight excluding hydrogens is 300 g/mol. The number of fused-ring (bicyclic) bond motifs is 1. The van der Waals surface area contributed by atoms with Gasteiger partial charge < -0.3 is 14.5 Å². The Labute approximate surface area is 144 Å². The zero-order valence-corrected chi connectivity index (χ0v) is 15.0. The van der Waals surface area contributed by atoms with Crippen LogP contribution in [-0.2, 0) is 11.3 Å². The van der Waals surface area contributed by atoms with Crippen molar-refractivity contribution in [1.82, 2.24) is 19.8 Å². The molecular formula is C19H28N4O. The molecule has 130 valence electrons. The van der Waals surface area contributed by atoms with Gasteiger partial charge in [0.05, 0.1) is 29.0 Å². The molecule has 5 nitrogen and oxygen atoms in total. The fourth-order valence-corrected chi connectivity index (χ4v) is 3.52. The Bertz CT molecular complexity index is 675. The largest absolute Gasteiger partial charge is 0.383 e. The number of aryl methyl sites for hydroxylation is 1. The van der Waals surface area contributed by atoms with E-state index in [1.807, 2.05) is 24.3 Å². The molecule has 0 radical (unpaired) electrons. The van der Waals surface area contributed by atoms with Gasteiger partial charge in [-0.15, -0.1) is 0 Å². The van der Waals surface area contributed by atoms with Crippen LogP contribution in [-0.4, -0.2) is 66.7 Å². The van der Waals surface area contributed by atoms with Gasteiger partial charge in [0.25, 0.3) is 0 Å². The summed E-state index contributed by atoms with van der Waals surface area (Å²) in [4.78, 5) is 14.4. The van der Waals surface area contributed by atoms with E-state index in [1.54, 1.807) is 7.11 Å². The lowest BCUT2D eigenvalue weighted by molar-refractivity contribution is 0.157. The zero-order chi connectivity index (χ0) is 16.9. The Kier molecular flexibility index (Phi) is 5.76. The first-order valence-corrected chi connectivity index (χ1v) is 8.78. The van der Waals surface area contributed by atoms with Gasteiger partial charge in [0.15, 0.2) is 0 Å². The minimum atomic E-state index is 0.737. The quantitative estimate of drug-likeness (QED) is 0.780. The second-order valence-corrected chi connectivity index (χ2v) is 6.89. The average molecular weight is 328 g/mol. The number of benzene rings is 1. The van der Waals surface area contributed by atoms with E-state index in [1.165, 1.54) is 19.5 Å². The number of para-hydroxylation sites is 2. The van der Waals surface area contributed by atoms with Crippen molar-refractivity contribution in [2.75, 3.05) is 46.9 Å². The summed E-state index contributed by atoms with van der Waals surface area (Å²) in [6.45, 7) is 8.27. The van der Waals surface area contributed by atoms with Gasteiger partial charge in [-0.3, -0.25) is 0 Å². The Morgan fingerprint density at radius 2 is 2.00 bits per heavy atom. The molecule has 0 spiro atoms. The van der Waals surface area contributed by atoms with E-state index in [9.17, 15) is 0 Å². The van der Waals surface area contributed by atoms with Crippen molar-refractivity contribution in [2.24, 2.45) is 5.92 Å². The van der Waals surface area contributed by atoms with E-state index < -0.39 is 0 Å². The lowest BCUT2D eigenvalue weighted by Crippen LogP contribution is -2.30. The van der Waals surface area contributed by atoms with Crippen LogP contribution in [0, 0.1) is 12.8 Å². The van der Waals surface area contributed by atoms with Gasteiger partial charge in [-0.1, -0.05) is 12.1 Å². The first-order valence-electron chi connectivity index (χ1n) is 8.78. The molecule has 0 saturated carbocycles. The highest BCUT2D eigenvalue weighted by Crippen LogP contribution is 2.18. The third kappa shape index (κ3) is 4.29. The Morgan fingerprint density at radius 1 is 1.25 bits per heavy atom.